The first-order chi connectivity index (χ1) is 9.16. The zero-order valence-corrected chi connectivity index (χ0v) is 10.4. The van der Waals surface area contributed by atoms with Crippen molar-refractivity contribution in [2.24, 2.45) is 0 Å². The molecule has 1 aromatic carbocycles. The minimum Gasteiger partial charge on any atom is -0.376 e. The lowest BCUT2D eigenvalue weighted by Crippen LogP contribution is -2.39. The average molecular weight is 265 g/mol. The number of rotatable bonds is 2. The van der Waals surface area contributed by atoms with Gasteiger partial charge < -0.3 is 9.64 Å². The zero-order valence-electron chi connectivity index (χ0n) is 10.4. The van der Waals surface area contributed by atoms with E-state index in [0.717, 1.165) is 0 Å². The van der Waals surface area contributed by atoms with Gasteiger partial charge in [-0.25, -0.2) is 18.7 Å². The maximum atomic E-state index is 13.7. The molecule has 6 heteroatoms. The van der Waals surface area contributed by atoms with E-state index in [-0.39, 0.29) is 18.5 Å². The largest absolute Gasteiger partial charge is 0.376 e. The fraction of sp³-hybridized carbons (Fsp3) is 0.385. The van der Waals surface area contributed by atoms with Crippen LogP contribution in [0, 0.1) is 5.82 Å². The summed E-state index contributed by atoms with van der Waals surface area (Å²) in [6, 6.07) is 3.93. The van der Waals surface area contributed by atoms with E-state index in [0.29, 0.717) is 23.3 Å². The second-order valence-electron chi connectivity index (χ2n) is 4.59. The number of hydrogen-bond donors (Lipinski definition) is 0. The molecule has 0 aliphatic carbocycles. The summed E-state index contributed by atoms with van der Waals surface area (Å²) in [5, 5.41) is 0.700. The number of likely N-dealkylation sites (N-methyl/N-ethyl adjacent to an activating group) is 1. The Morgan fingerprint density at radius 1 is 1.32 bits per heavy atom. The molecule has 2 atom stereocenters. The summed E-state index contributed by atoms with van der Waals surface area (Å²) in [5.41, 5.74) is 0.506. The molecule has 1 saturated heterocycles. The van der Waals surface area contributed by atoms with E-state index in [1.165, 1.54) is 18.5 Å². The predicted octanol–water partition coefficient (Wildman–Crippen LogP) is 1.94. The molecule has 3 rings (SSSR count). The van der Waals surface area contributed by atoms with Gasteiger partial charge >= 0.3 is 0 Å². The summed E-state index contributed by atoms with van der Waals surface area (Å²) in [6.45, 7) is 0.428. The zero-order chi connectivity index (χ0) is 13.4. The Labute approximate surface area is 109 Å². The number of ether oxygens (including phenoxy) is 1. The smallest absolute Gasteiger partial charge is 0.146 e. The molecular weight excluding hydrogens is 252 g/mol. The normalized spacial score (nSPS) is 22.9. The van der Waals surface area contributed by atoms with Crippen LogP contribution in [-0.2, 0) is 4.74 Å². The van der Waals surface area contributed by atoms with Gasteiger partial charge in [-0.1, -0.05) is 0 Å². The first-order valence-corrected chi connectivity index (χ1v) is 6.02. The lowest BCUT2D eigenvalue weighted by atomic mass is 10.1. The van der Waals surface area contributed by atoms with Crippen LogP contribution in [-0.4, -0.2) is 42.4 Å². The third kappa shape index (κ3) is 2.12. The standard InChI is InChI=1S/C13H13F2N3O/c1-18(12-6-19-5-10(12)15)13-9-3-2-8(14)4-11(9)16-7-17-13/h2-4,7,10,12H,5-6H2,1H3. The third-order valence-corrected chi connectivity index (χ3v) is 3.39. The minimum atomic E-state index is -1.05. The quantitative estimate of drug-likeness (QED) is 0.831. The van der Waals surface area contributed by atoms with Crippen LogP contribution in [0.5, 0.6) is 0 Å². The molecule has 0 saturated carbocycles. The molecule has 2 unspecified atom stereocenters. The van der Waals surface area contributed by atoms with E-state index in [9.17, 15) is 8.78 Å². The molecule has 0 amide bonds. The number of benzene rings is 1. The molecule has 19 heavy (non-hydrogen) atoms. The molecule has 0 bridgehead atoms. The van der Waals surface area contributed by atoms with E-state index >= 15 is 0 Å². The highest BCUT2D eigenvalue weighted by atomic mass is 19.1. The molecule has 0 N–H and O–H groups in total. The number of aromatic nitrogens is 2. The van der Waals surface area contributed by atoms with Crippen LogP contribution in [0.25, 0.3) is 10.9 Å². The van der Waals surface area contributed by atoms with Crippen LogP contribution in [0.4, 0.5) is 14.6 Å². The van der Waals surface area contributed by atoms with Gasteiger partial charge in [0.1, 0.15) is 24.1 Å². The van der Waals surface area contributed by atoms with E-state index in [1.807, 2.05) is 0 Å². The Balaban J connectivity index is 2.04. The summed E-state index contributed by atoms with van der Waals surface area (Å²) < 4.78 is 32.0. The summed E-state index contributed by atoms with van der Waals surface area (Å²) in [5.74, 6) is 0.232. The molecule has 4 nitrogen and oxygen atoms in total. The van der Waals surface area contributed by atoms with Gasteiger partial charge in [-0.3, -0.25) is 0 Å². The lowest BCUT2D eigenvalue weighted by molar-refractivity contribution is 0.173. The van der Waals surface area contributed by atoms with Crippen LogP contribution < -0.4 is 4.90 Å². The number of nitrogens with zero attached hydrogens (tertiary/aromatic N) is 3. The molecule has 2 aromatic rings. The highest BCUT2D eigenvalue weighted by Crippen LogP contribution is 2.27. The van der Waals surface area contributed by atoms with E-state index < -0.39 is 6.17 Å². The van der Waals surface area contributed by atoms with Crippen molar-refractivity contribution in [1.29, 1.82) is 0 Å². The Hall–Kier alpha value is -1.82. The second kappa shape index (κ2) is 4.70. The third-order valence-electron chi connectivity index (χ3n) is 3.39. The van der Waals surface area contributed by atoms with E-state index in [1.54, 1.807) is 18.0 Å². The fourth-order valence-corrected chi connectivity index (χ4v) is 2.33. The lowest BCUT2D eigenvalue weighted by Gasteiger charge is -2.26. The Bertz CT molecular complexity index is 607. The fourth-order valence-electron chi connectivity index (χ4n) is 2.33. The van der Waals surface area contributed by atoms with Crippen LogP contribution in [0.3, 0.4) is 0 Å². The van der Waals surface area contributed by atoms with Crippen molar-refractivity contribution in [3.63, 3.8) is 0 Å². The summed E-state index contributed by atoms with van der Waals surface area (Å²) in [7, 11) is 1.76. The molecule has 2 heterocycles. The van der Waals surface area contributed by atoms with E-state index in [2.05, 4.69) is 9.97 Å². The Morgan fingerprint density at radius 2 is 2.16 bits per heavy atom. The minimum absolute atomic E-state index is 0.104. The first kappa shape index (κ1) is 12.2. The molecule has 1 aliphatic rings. The molecule has 100 valence electrons. The van der Waals surface area contributed by atoms with Crippen molar-refractivity contribution in [2.45, 2.75) is 12.2 Å². The predicted molar refractivity (Wildman–Crippen MR) is 67.4 cm³/mol. The van der Waals surface area contributed by atoms with Gasteiger partial charge in [0, 0.05) is 18.5 Å². The second-order valence-corrected chi connectivity index (χ2v) is 4.59. The molecule has 0 spiro atoms. The van der Waals surface area contributed by atoms with Crippen LogP contribution >= 0.6 is 0 Å². The van der Waals surface area contributed by atoms with Gasteiger partial charge in [0.15, 0.2) is 0 Å². The summed E-state index contributed by atoms with van der Waals surface area (Å²) >= 11 is 0. The summed E-state index contributed by atoms with van der Waals surface area (Å²) in [4.78, 5) is 9.95. The topological polar surface area (TPSA) is 38.2 Å². The molecular formula is C13H13F2N3O. The SMILES string of the molecule is CN(c1ncnc2cc(F)ccc12)C1COCC1F. The number of hydrogen-bond acceptors (Lipinski definition) is 4. The Morgan fingerprint density at radius 3 is 2.89 bits per heavy atom. The average Bonchev–Trinajstić information content (AvgIpc) is 2.83. The van der Waals surface area contributed by atoms with Crippen LogP contribution in [0.2, 0.25) is 0 Å². The highest BCUT2D eigenvalue weighted by molar-refractivity contribution is 5.89. The Kier molecular flexibility index (Phi) is 3.02. The van der Waals surface area contributed by atoms with Gasteiger partial charge in [0.25, 0.3) is 0 Å². The maximum absolute atomic E-state index is 13.7. The number of fused-ring (bicyclic) bond motifs is 1. The van der Waals surface area contributed by atoms with Crippen molar-refractivity contribution in [3.05, 3.63) is 30.3 Å². The van der Waals surface area contributed by atoms with E-state index in [4.69, 9.17) is 4.74 Å². The van der Waals surface area contributed by atoms with Gasteiger partial charge in [0.2, 0.25) is 0 Å². The number of halogens is 2. The number of anilines is 1. The first-order valence-electron chi connectivity index (χ1n) is 6.02. The van der Waals surface area contributed by atoms with Crippen molar-refractivity contribution >= 4 is 16.7 Å². The van der Waals surface area contributed by atoms with Crippen molar-refractivity contribution in [1.82, 2.24) is 9.97 Å². The van der Waals surface area contributed by atoms with Gasteiger partial charge in [-0.15, -0.1) is 0 Å². The van der Waals surface area contributed by atoms with Gasteiger partial charge in [-0.2, -0.15) is 0 Å². The highest BCUT2D eigenvalue weighted by Gasteiger charge is 2.32. The van der Waals surface area contributed by atoms with Crippen molar-refractivity contribution < 1.29 is 13.5 Å². The van der Waals surface area contributed by atoms with Crippen LogP contribution in [0.15, 0.2) is 24.5 Å². The van der Waals surface area contributed by atoms with Gasteiger partial charge in [-0.05, 0) is 12.1 Å². The van der Waals surface area contributed by atoms with Crippen molar-refractivity contribution in [2.75, 3.05) is 25.2 Å². The molecule has 0 radical (unpaired) electrons. The van der Waals surface area contributed by atoms with Crippen molar-refractivity contribution in [3.8, 4) is 0 Å². The monoisotopic (exact) mass is 265 g/mol. The van der Waals surface area contributed by atoms with Gasteiger partial charge in [0.05, 0.1) is 24.8 Å². The molecule has 1 aliphatic heterocycles. The number of alkyl halides is 1. The molecule has 1 fully saturated rings. The summed E-state index contributed by atoms with van der Waals surface area (Å²) in [6.07, 6.45) is 0.312. The maximum Gasteiger partial charge on any atom is 0.146 e. The van der Waals surface area contributed by atoms with Crippen LogP contribution in [0.1, 0.15) is 0 Å². The molecule has 1 aromatic heterocycles.